The monoisotopic (exact) mass is 246 g/mol. The summed E-state index contributed by atoms with van der Waals surface area (Å²) < 4.78 is 0. The Morgan fingerprint density at radius 3 is 2.25 bits per heavy atom. The van der Waals surface area contributed by atoms with Gasteiger partial charge in [-0.15, -0.1) is 0 Å². The molecule has 0 bridgehead atoms. The number of carboxylic acid groups (broad SMARTS) is 1. The summed E-state index contributed by atoms with van der Waals surface area (Å²) in [7, 11) is 0. The molecule has 4 heteroatoms. The lowest BCUT2D eigenvalue weighted by atomic mass is 10.0. The van der Waals surface area contributed by atoms with Crippen LogP contribution in [0, 0.1) is 5.92 Å². The van der Waals surface area contributed by atoms with Crippen LogP contribution in [-0.4, -0.2) is 21.4 Å². The van der Waals surface area contributed by atoms with Gasteiger partial charge < -0.3 is 5.11 Å². The molecule has 16 heavy (non-hydrogen) atoms. The minimum Gasteiger partial charge on any atom is -0.481 e. The van der Waals surface area contributed by atoms with Crippen LogP contribution in [0.1, 0.15) is 52.9 Å². The Kier molecular flexibility index (Phi) is 8.35. The highest BCUT2D eigenvalue weighted by molar-refractivity contribution is 8.14. The molecule has 2 atom stereocenters. The lowest BCUT2D eigenvalue weighted by molar-refractivity contribution is -0.141. The number of carbonyl (C=O) groups excluding carboxylic acids is 1. The molecule has 0 radical (unpaired) electrons. The standard InChI is InChI=1S/C12H22O3S/c1-4-6-10(16-11(13)5-2)8-7-9(3)12(14)15/h9-10H,4-8H2,1-3H3,(H,14,15). The van der Waals surface area contributed by atoms with Gasteiger partial charge >= 0.3 is 5.97 Å². The third kappa shape index (κ3) is 6.88. The molecule has 0 aliphatic carbocycles. The average molecular weight is 246 g/mol. The number of rotatable bonds is 8. The lowest BCUT2D eigenvalue weighted by Gasteiger charge is -2.15. The van der Waals surface area contributed by atoms with Crippen molar-refractivity contribution in [1.29, 1.82) is 0 Å². The summed E-state index contributed by atoms with van der Waals surface area (Å²) in [5.74, 6) is -1.06. The summed E-state index contributed by atoms with van der Waals surface area (Å²) in [6, 6.07) is 0. The van der Waals surface area contributed by atoms with E-state index in [0.717, 1.165) is 19.3 Å². The molecular formula is C12H22O3S. The van der Waals surface area contributed by atoms with Crippen molar-refractivity contribution in [2.75, 3.05) is 0 Å². The van der Waals surface area contributed by atoms with Gasteiger partial charge in [-0.2, -0.15) is 0 Å². The smallest absolute Gasteiger partial charge is 0.306 e. The number of carbonyl (C=O) groups is 2. The van der Waals surface area contributed by atoms with E-state index in [1.807, 2.05) is 6.92 Å². The van der Waals surface area contributed by atoms with Crippen LogP contribution in [0.5, 0.6) is 0 Å². The lowest BCUT2D eigenvalue weighted by Crippen LogP contribution is -2.13. The minimum atomic E-state index is -0.748. The van der Waals surface area contributed by atoms with E-state index in [9.17, 15) is 9.59 Å². The van der Waals surface area contributed by atoms with Crippen LogP contribution in [0.15, 0.2) is 0 Å². The van der Waals surface area contributed by atoms with Crippen LogP contribution < -0.4 is 0 Å². The summed E-state index contributed by atoms with van der Waals surface area (Å²) in [6.45, 7) is 5.67. The van der Waals surface area contributed by atoms with E-state index in [-0.39, 0.29) is 11.0 Å². The van der Waals surface area contributed by atoms with Gasteiger partial charge in [0.2, 0.25) is 0 Å². The fourth-order valence-corrected chi connectivity index (χ4v) is 2.56. The van der Waals surface area contributed by atoms with Crippen molar-refractivity contribution in [3.63, 3.8) is 0 Å². The molecule has 0 saturated heterocycles. The summed E-state index contributed by atoms with van der Waals surface area (Å²) in [5.41, 5.74) is 0. The second-order valence-corrected chi connectivity index (χ2v) is 5.43. The number of hydrogen-bond acceptors (Lipinski definition) is 3. The van der Waals surface area contributed by atoms with E-state index in [0.29, 0.717) is 18.1 Å². The molecule has 0 saturated carbocycles. The molecule has 0 fully saturated rings. The van der Waals surface area contributed by atoms with Crippen LogP contribution in [0.4, 0.5) is 0 Å². The number of hydrogen-bond donors (Lipinski definition) is 1. The van der Waals surface area contributed by atoms with Crippen molar-refractivity contribution in [2.24, 2.45) is 5.92 Å². The number of aliphatic carboxylic acids is 1. The molecule has 0 aliphatic rings. The fourth-order valence-electron chi connectivity index (χ4n) is 1.41. The first kappa shape index (κ1) is 15.5. The summed E-state index contributed by atoms with van der Waals surface area (Å²) >= 11 is 1.39. The quantitative estimate of drug-likeness (QED) is 0.713. The summed E-state index contributed by atoms with van der Waals surface area (Å²) in [5, 5.41) is 9.28. The Balaban J connectivity index is 4.02. The normalized spacial score (nSPS) is 14.4. The molecule has 1 N–H and O–H groups in total. The van der Waals surface area contributed by atoms with Crippen molar-refractivity contribution >= 4 is 22.8 Å². The zero-order valence-corrected chi connectivity index (χ0v) is 11.2. The molecule has 2 unspecified atom stereocenters. The molecule has 0 amide bonds. The van der Waals surface area contributed by atoms with E-state index >= 15 is 0 Å². The Morgan fingerprint density at radius 1 is 1.19 bits per heavy atom. The molecule has 0 aromatic rings. The molecule has 3 nitrogen and oxygen atoms in total. The zero-order valence-electron chi connectivity index (χ0n) is 10.4. The minimum absolute atomic E-state index is 0.210. The molecule has 94 valence electrons. The third-order valence-corrected chi connectivity index (χ3v) is 3.90. The van der Waals surface area contributed by atoms with E-state index < -0.39 is 5.97 Å². The molecule has 0 aromatic heterocycles. The van der Waals surface area contributed by atoms with Gasteiger partial charge in [0, 0.05) is 11.7 Å². The first-order valence-electron chi connectivity index (χ1n) is 5.93. The van der Waals surface area contributed by atoms with E-state index in [2.05, 4.69) is 6.92 Å². The highest BCUT2D eigenvalue weighted by atomic mass is 32.2. The van der Waals surface area contributed by atoms with Gasteiger partial charge in [-0.3, -0.25) is 9.59 Å². The first-order chi connectivity index (χ1) is 7.51. The zero-order chi connectivity index (χ0) is 12.6. The topological polar surface area (TPSA) is 54.4 Å². The molecule has 0 rings (SSSR count). The molecule has 0 aromatic carbocycles. The van der Waals surface area contributed by atoms with E-state index in [4.69, 9.17) is 5.11 Å². The van der Waals surface area contributed by atoms with Crippen molar-refractivity contribution in [3.8, 4) is 0 Å². The molecule has 0 spiro atoms. The van der Waals surface area contributed by atoms with Crippen LogP contribution in [0.3, 0.4) is 0 Å². The van der Waals surface area contributed by atoms with Gasteiger partial charge in [-0.1, -0.05) is 39.0 Å². The highest BCUT2D eigenvalue weighted by Crippen LogP contribution is 2.25. The van der Waals surface area contributed by atoms with E-state index in [1.165, 1.54) is 11.8 Å². The van der Waals surface area contributed by atoms with Gasteiger partial charge in [-0.05, 0) is 19.3 Å². The van der Waals surface area contributed by atoms with Crippen LogP contribution in [0.25, 0.3) is 0 Å². The van der Waals surface area contributed by atoms with Crippen molar-refractivity contribution < 1.29 is 14.7 Å². The summed E-state index contributed by atoms with van der Waals surface area (Å²) in [6.07, 6.45) is 4.06. The van der Waals surface area contributed by atoms with Gasteiger partial charge in [0.1, 0.15) is 0 Å². The van der Waals surface area contributed by atoms with E-state index in [1.54, 1.807) is 6.92 Å². The van der Waals surface area contributed by atoms with Gasteiger partial charge in [0.05, 0.1) is 5.92 Å². The van der Waals surface area contributed by atoms with Gasteiger partial charge in [-0.25, -0.2) is 0 Å². The molecule has 0 heterocycles. The molecule has 0 aliphatic heterocycles. The fraction of sp³-hybridized carbons (Fsp3) is 0.833. The SMILES string of the molecule is CCCC(CCC(C)C(=O)O)SC(=O)CC. The van der Waals surface area contributed by atoms with Crippen LogP contribution >= 0.6 is 11.8 Å². The van der Waals surface area contributed by atoms with Crippen molar-refractivity contribution in [1.82, 2.24) is 0 Å². The Labute approximate surface area is 102 Å². The predicted octanol–water partition coefficient (Wildman–Crippen LogP) is 3.33. The summed E-state index contributed by atoms with van der Waals surface area (Å²) in [4.78, 5) is 22.0. The van der Waals surface area contributed by atoms with Crippen LogP contribution in [0.2, 0.25) is 0 Å². The maximum absolute atomic E-state index is 11.3. The number of carboxylic acids is 1. The van der Waals surface area contributed by atoms with Gasteiger partial charge in [0.15, 0.2) is 5.12 Å². The Bertz CT molecular complexity index is 228. The third-order valence-electron chi connectivity index (χ3n) is 2.54. The highest BCUT2D eigenvalue weighted by Gasteiger charge is 2.17. The van der Waals surface area contributed by atoms with Crippen molar-refractivity contribution in [3.05, 3.63) is 0 Å². The second-order valence-electron chi connectivity index (χ2n) is 4.07. The van der Waals surface area contributed by atoms with Crippen LogP contribution in [-0.2, 0) is 9.59 Å². The number of thioether (sulfide) groups is 1. The first-order valence-corrected chi connectivity index (χ1v) is 6.81. The Morgan fingerprint density at radius 2 is 1.81 bits per heavy atom. The molecular weight excluding hydrogens is 224 g/mol. The second kappa shape index (κ2) is 8.62. The van der Waals surface area contributed by atoms with Crippen molar-refractivity contribution in [2.45, 2.75) is 58.1 Å². The average Bonchev–Trinajstić information content (AvgIpc) is 2.25. The maximum atomic E-state index is 11.3. The predicted molar refractivity (Wildman–Crippen MR) is 67.6 cm³/mol. The maximum Gasteiger partial charge on any atom is 0.306 e. The van der Waals surface area contributed by atoms with Gasteiger partial charge in [0.25, 0.3) is 0 Å². The largest absolute Gasteiger partial charge is 0.481 e. The Hall–Kier alpha value is -0.510.